The molecule has 0 amide bonds. The molecule has 1 atom stereocenters. The van der Waals surface area contributed by atoms with Crippen LogP contribution in [0, 0.1) is 5.82 Å². The van der Waals surface area contributed by atoms with Crippen LogP contribution >= 0.6 is 0 Å². The minimum Gasteiger partial charge on any atom is -0.396 e. The van der Waals surface area contributed by atoms with Gasteiger partial charge in [0.05, 0.1) is 5.69 Å². The number of aromatic nitrogens is 1. The van der Waals surface area contributed by atoms with Crippen LogP contribution < -0.4 is 11.1 Å². The van der Waals surface area contributed by atoms with Gasteiger partial charge in [-0.3, -0.25) is 10.3 Å². The van der Waals surface area contributed by atoms with Crippen molar-refractivity contribution < 1.29 is 14.0 Å². The maximum Gasteiger partial charge on any atom is 0.231 e. The number of aliphatic hydroxyl groups is 1. The SMILES string of the molecule is CC(c1ccc(-c2ccccc2F)cc1)c1cc(NC(N)=NCCCO)on1. The second kappa shape index (κ2) is 9.14. The number of hydrogen-bond donors (Lipinski definition) is 3. The Morgan fingerprint density at radius 3 is 2.71 bits per heavy atom. The zero-order chi connectivity index (χ0) is 19.9. The van der Waals surface area contributed by atoms with E-state index in [1.807, 2.05) is 37.3 Å². The molecular formula is C21H23FN4O2. The third-order valence-electron chi connectivity index (χ3n) is 4.42. The second-order valence-corrected chi connectivity index (χ2v) is 6.41. The molecule has 0 bridgehead atoms. The number of anilines is 1. The summed E-state index contributed by atoms with van der Waals surface area (Å²) in [5, 5.41) is 15.7. The fourth-order valence-corrected chi connectivity index (χ4v) is 2.81. The fourth-order valence-electron chi connectivity index (χ4n) is 2.81. The number of nitrogens with one attached hydrogen (secondary N) is 1. The minimum atomic E-state index is -0.242. The Hall–Kier alpha value is -3.19. The van der Waals surface area contributed by atoms with E-state index in [9.17, 15) is 4.39 Å². The summed E-state index contributed by atoms with van der Waals surface area (Å²) < 4.78 is 19.2. The molecule has 3 aromatic rings. The number of rotatable bonds is 7. The lowest BCUT2D eigenvalue weighted by Crippen LogP contribution is -2.22. The predicted molar refractivity (Wildman–Crippen MR) is 108 cm³/mol. The number of aliphatic imine (C=N–C) groups is 1. The zero-order valence-corrected chi connectivity index (χ0v) is 15.6. The van der Waals surface area contributed by atoms with Gasteiger partial charge in [0.1, 0.15) is 5.82 Å². The highest BCUT2D eigenvalue weighted by Gasteiger charge is 2.15. The number of nitrogens with two attached hydrogens (primary N) is 1. The van der Waals surface area contributed by atoms with Crippen molar-refractivity contribution in [2.45, 2.75) is 19.3 Å². The van der Waals surface area contributed by atoms with Gasteiger partial charge in [-0.25, -0.2) is 4.39 Å². The first-order chi connectivity index (χ1) is 13.6. The molecule has 6 nitrogen and oxygen atoms in total. The molecular weight excluding hydrogens is 359 g/mol. The molecule has 0 aliphatic heterocycles. The van der Waals surface area contributed by atoms with Gasteiger partial charge in [-0.05, 0) is 23.6 Å². The molecule has 0 fully saturated rings. The summed E-state index contributed by atoms with van der Waals surface area (Å²) in [6.45, 7) is 2.51. The molecule has 146 valence electrons. The minimum absolute atomic E-state index is 0.0125. The van der Waals surface area contributed by atoms with Crippen LogP contribution in [0.4, 0.5) is 10.3 Å². The fraction of sp³-hybridized carbons (Fsp3) is 0.238. The lowest BCUT2D eigenvalue weighted by Gasteiger charge is -2.10. The Balaban J connectivity index is 1.69. The predicted octanol–water partition coefficient (Wildman–Crippen LogP) is 3.74. The summed E-state index contributed by atoms with van der Waals surface area (Å²) in [6, 6.07) is 16.2. The smallest absolute Gasteiger partial charge is 0.231 e. The van der Waals surface area contributed by atoms with Crippen molar-refractivity contribution in [2.24, 2.45) is 10.7 Å². The summed E-state index contributed by atoms with van der Waals surface area (Å²) in [5.74, 6) is 0.350. The van der Waals surface area contributed by atoms with E-state index in [0.717, 1.165) is 16.8 Å². The summed E-state index contributed by atoms with van der Waals surface area (Å²) >= 11 is 0. The molecule has 1 aromatic heterocycles. The summed E-state index contributed by atoms with van der Waals surface area (Å²) in [5.41, 5.74) is 8.94. The Morgan fingerprint density at radius 1 is 1.25 bits per heavy atom. The van der Waals surface area contributed by atoms with E-state index < -0.39 is 0 Å². The average molecular weight is 382 g/mol. The van der Waals surface area contributed by atoms with Gasteiger partial charge in [0.15, 0.2) is 5.96 Å². The molecule has 28 heavy (non-hydrogen) atoms. The largest absolute Gasteiger partial charge is 0.396 e. The van der Waals surface area contributed by atoms with Gasteiger partial charge in [0, 0.05) is 30.7 Å². The standard InChI is InChI=1S/C21H23FN4O2/c1-14(19-13-20(28-26-19)25-21(23)24-11-4-12-27)15-7-9-16(10-8-15)17-5-2-3-6-18(17)22/h2-3,5-10,13-14,27H,4,11-12H2,1H3,(H3,23,24,25). The van der Waals surface area contributed by atoms with Crippen molar-refractivity contribution in [3.8, 4) is 11.1 Å². The van der Waals surface area contributed by atoms with Crippen molar-refractivity contribution in [3.05, 3.63) is 71.7 Å². The number of halogens is 1. The van der Waals surface area contributed by atoms with E-state index in [-0.39, 0.29) is 24.3 Å². The highest BCUT2D eigenvalue weighted by atomic mass is 19.1. The molecule has 2 aromatic carbocycles. The quantitative estimate of drug-likeness (QED) is 0.329. The molecule has 4 N–H and O–H groups in total. The topological polar surface area (TPSA) is 96.7 Å². The molecule has 1 heterocycles. The molecule has 7 heteroatoms. The number of benzene rings is 2. The van der Waals surface area contributed by atoms with Crippen LogP contribution in [0.3, 0.4) is 0 Å². The Kier molecular flexibility index (Phi) is 6.39. The molecule has 1 unspecified atom stereocenters. The lowest BCUT2D eigenvalue weighted by atomic mass is 9.95. The highest BCUT2D eigenvalue weighted by molar-refractivity contribution is 5.90. The van der Waals surface area contributed by atoms with E-state index in [0.29, 0.717) is 24.4 Å². The van der Waals surface area contributed by atoms with Gasteiger partial charge < -0.3 is 15.4 Å². The molecule has 3 rings (SSSR count). The highest BCUT2D eigenvalue weighted by Crippen LogP contribution is 2.28. The van der Waals surface area contributed by atoms with Crippen LogP contribution in [0.1, 0.15) is 30.5 Å². The van der Waals surface area contributed by atoms with Crippen molar-refractivity contribution in [3.63, 3.8) is 0 Å². The van der Waals surface area contributed by atoms with Gasteiger partial charge in [0.25, 0.3) is 0 Å². The second-order valence-electron chi connectivity index (χ2n) is 6.41. The monoisotopic (exact) mass is 382 g/mol. The first-order valence-electron chi connectivity index (χ1n) is 9.07. The van der Waals surface area contributed by atoms with Crippen LogP contribution in [-0.2, 0) is 0 Å². The van der Waals surface area contributed by atoms with Crippen molar-refractivity contribution >= 4 is 11.8 Å². The van der Waals surface area contributed by atoms with E-state index in [4.69, 9.17) is 15.4 Å². The first kappa shape index (κ1) is 19.6. The number of nitrogens with zero attached hydrogens (tertiary/aromatic N) is 2. The van der Waals surface area contributed by atoms with Gasteiger partial charge in [-0.15, -0.1) is 0 Å². The van der Waals surface area contributed by atoms with Crippen LogP contribution in [0.2, 0.25) is 0 Å². The Bertz CT molecular complexity index is 938. The van der Waals surface area contributed by atoms with Crippen molar-refractivity contribution in [1.29, 1.82) is 0 Å². The zero-order valence-electron chi connectivity index (χ0n) is 15.6. The van der Waals surface area contributed by atoms with E-state index >= 15 is 0 Å². The Labute approximate surface area is 162 Å². The number of aliphatic hydroxyl groups excluding tert-OH is 1. The van der Waals surface area contributed by atoms with Crippen LogP contribution in [-0.4, -0.2) is 29.4 Å². The van der Waals surface area contributed by atoms with E-state index in [1.54, 1.807) is 18.2 Å². The molecule has 0 saturated carbocycles. The maximum atomic E-state index is 13.9. The van der Waals surface area contributed by atoms with Crippen LogP contribution in [0.15, 0.2) is 64.1 Å². The van der Waals surface area contributed by atoms with Crippen LogP contribution in [0.25, 0.3) is 11.1 Å². The van der Waals surface area contributed by atoms with Crippen LogP contribution in [0.5, 0.6) is 0 Å². The molecule has 0 aliphatic rings. The van der Waals surface area contributed by atoms with E-state index in [2.05, 4.69) is 15.5 Å². The number of hydrogen-bond acceptors (Lipinski definition) is 4. The molecule has 0 radical (unpaired) electrons. The average Bonchev–Trinajstić information content (AvgIpc) is 3.16. The first-order valence-corrected chi connectivity index (χ1v) is 9.07. The maximum absolute atomic E-state index is 13.9. The molecule has 0 saturated heterocycles. The van der Waals surface area contributed by atoms with Crippen molar-refractivity contribution in [2.75, 3.05) is 18.5 Å². The third kappa shape index (κ3) is 4.75. The lowest BCUT2D eigenvalue weighted by molar-refractivity contribution is 0.291. The van der Waals surface area contributed by atoms with Crippen molar-refractivity contribution in [1.82, 2.24) is 5.16 Å². The van der Waals surface area contributed by atoms with Gasteiger partial charge in [0.2, 0.25) is 5.88 Å². The van der Waals surface area contributed by atoms with E-state index in [1.165, 1.54) is 6.07 Å². The molecule has 0 spiro atoms. The third-order valence-corrected chi connectivity index (χ3v) is 4.42. The Morgan fingerprint density at radius 2 is 2.00 bits per heavy atom. The van der Waals surface area contributed by atoms with Gasteiger partial charge >= 0.3 is 0 Å². The van der Waals surface area contributed by atoms with Gasteiger partial charge in [-0.1, -0.05) is 54.5 Å². The normalized spacial score (nSPS) is 12.8. The summed E-state index contributed by atoms with van der Waals surface area (Å²) in [6.07, 6.45) is 0.546. The molecule has 0 aliphatic carbocycles. The summed E-state index contributed by atoms with van der Waals surface area (Å²) in [7, 11) is 0. The number of guanidine groups is 1. The summed E-state index contributed by atoms with van der Waals surface area (Å²) in [4.78, 5) is 4.07. The van der Waals surface area contributed by atoms with Gasteiger partial charge in [-0.2, -0.15) is 0 Å².